The van der Waals surface area contributed by atoms with E-state index in [1.54, 1.807) is 11.3 Å². The molecule has 2 aromatic heterocycles. The van der Waals surface area contributed by atoms with Crippen LogP contribution in [0, 0.1) is 13.8 Å². The van der Waals surface area contributed by atoms with Crippen LogP contribution in [0.3, 0.4) is 0 Å². The first-order valence-corrected chi connectivity index (χ1v) is 9.03. The van der Waals surface area contributed by atoms with Gasteiger partial charge in [-0.25, -0.2) is 14.8 Å². The van der Waals surface area contributed by atoms with Gasteiger partial charge in [-0.05, 0) is 38.1 Å². The van der Waals surface area contributed by atoms with Gasteiger partial charge in [-0.3, -0.25) is 5.32 Å². The minimum absolute atomic E-state index is 0.302. The van der Waals surface area contributed by atoms with Gasteiger partial charge in [0.2, 0.25) is 0 Å². The lowest BCUT2D eigenvalue weighted by Crippen LogP contribution is -2.19. The molecule has 0 aliphatic carbocycles. The second-order valence-corrected chi connectivity index (χ2v) is 7.69. The molecule has 2 amide bonds. The molecule has 0 aliphatic rings. The first kappa shape index (κ1) is 15.0. The minimum atomic E-state index is -0.302. The number of carbonyl (C=O) groups excluding carboxylic acids is 1. The third-order valence-corrected chi connectivity index (χ3v) is 5.48. The van der Waals surface area contributed by atoms with Crippen LogP contribution >= 0.6 is 22.7 Å². The number of aromatic nitrogens is 2. The van der Waals surface area contributed by atoms with E-state index in [1.807, 2.05) is 50.2 Å². The van der Waals surface area contributed by atoms with E-state index in [2.05, 4.69) is 20.6 Å². The lowest BCUT2D eigenvalue weighted by Gasteiger charge is -2.05. The molecule has 2 aromatic carbocycles. The van der Waals surface area contributed by atoms with E-state index in [4.69, 9.17) is 0 Å². The van der Waals surface area contributed by atoms with Crippen molar-refractivity contribution in [3.05, 3.63) is 47.0 Å². The maximum atomic E-state index is 12.1. The molecule has 2 heterocycles. The quantitative estimate of drug-likeness (QED) is 0.522. The van der Waals surface area contributed by atoms with E-state index < -0.39 is 0 Å². The van der Waals surface area contributed by atoms with Gasteiger partial charge >= 0.3 is 6.03 Å². The molecule has 0 saturated carbocycles. The zero-order valence-corrected chi connectivity index (χ0v) is 14.7. The van der Waals surface area contributed by atoms with E-state index in [0.717, 1.165) is 36.7 Å². The Morgan fingerprint density at radius 2 is 1.75 bits per heavy atom. The number of nitrogens with one attached hydrogen (secondary N) is 2. The Hall–Kier alpha value is -2.51. The summed E-state index contributed by atoms with van der Waals surface area (Å²) in [6.45, 7) is 4.00. The number of thiazole rings is 2. The highest BCUT2D eigenvalue weighted by Crippen LogP contribution is 2.34. The summed E-state index contributed by atoms with van der Waals surface area (Å²) in [5.74, 6) is 0. The van der Waals surface area contributed by atoms with E-state index in [0.29, 0.717) is 5.13 Å². The summed E-state index contributed by atoms with van der Waals surface area (Å²) >= 11 is 3.10. The zero-order valence-electron chi connectivity index (χ0n) is 13.1. The van der Waals surface area contributed by atoms with Crippen LogP contribution in [0.15, 0.2) is 36.4 Å². The first-order chi connectivity index (χ1) is 11.6. The molecular formula is C17H14N4OS2. The summed E-state index contributed by atoms with van der Waals surface area (Å²) in [7, 11) is 0. The van der Waals surface area contributed by atoms with Crippen LogP contribution in [0.4, 0.5) is 15.6 Å². The molecular weight excluding hydrogens is 340 g/mol. The number of anilines is 2. The van der Waals surface area contributed by atoms with Crippen molar-refractivity contribution in [2.45, 2.75) is 13.8 Å². The van der Waals surface area contributed by atoms with Crippen LogP contribution in [0.25, 0.3) is 20.4 Å². The lowest BCUT2D eigenvalue weighted by atomic mass is 10.2. The van der Waals surface area contributed by atoms with Crippen LogP contribution in [0.5, 0.6) is 0 Å². The second kappa shape index (κ2) is 5.85. The molecule has 4 rings (SSSR count). The maximum Gasteiger partial charge on any atom is 0.325 e. The van der Waals surface area contributed by atoms with Gasteiger partial charge in [0.1, 0.15) is 5.52 Å². The molecule has 0 spiro atoms. The predicted octanol–water partition coefficient (Wildman–Crippen LogP) is 5.17. The van der Waals surface area contributed by atoms with E-state index in [-0.39, 0.29) is 6.03 Å². The number of hydrogen-bond donors (Lipinski definition) is 2. The third-order valence-electron chi connectivity index (χ3n) is 3.55. The summed E-state index contributed by atoms with van der Waals surface area (Å²) in [6.07, 6.45) is 0. The molecule has 0 saturated heterocycles. The summed E-state index contributed by atoms with van der Waals surface area (Å²) in [5, 5.41) is 7.19. The second-order valence-electron chi connectivity index (χ2n) is 5.46. The SMILES string of the molecule is Cc1ccc(NC(=O)Nc2nc3ccc4sc(C)nc4c3s2)cc1. The van der Waals surface area contributed by atoms with Crippen molar-refractivity contribution in [3.63, 3.8) is 0 Å². The smallest absolute Gasteiger partial charge is 0.308 e. The summed E-state index contributed by atoms with van der Waals surface area (Å²) < 4.78 is 2.14. The highest BCUT2D eigenvalue weighted by atomic mass is 32.1. The summed E-state index contributed by atoms with van der Waals surface area (Å²) in [4.78, 5) is 21.2. The van der Waals surface area contributed by atoms with Crippen molar-refractivity contribution in [2.24, 2.45) is 0 Å². The van der Waals surface area contributed by atoms with Gasteiger partial charge in [-0.2, -0.15) is 0 Å². The van der Waals surface area contributed by atoms with Crippen LogP contribution in [-0.2, 0) is 0 Å². The number of urea groups is 1. The number of rotatable bonds is 2. The molecule has 0 bridgehead atoms. The Morgan fingerprint density at radius 3 is 2.54 bits per heavy atom. The average molecular weight is 354 g/mol. The Kier molecular flexibility index (Phi) is 3.66. The molecule has 0 radical (unpaired) electrons. The number of nitrogens with zero attached hydrogens (tertiary/aromatic N) is 2. The standard InChI is InChI=1S/C17H14N4OS2/c1-9-3-5-11(6-4-9)19-16(22)21-17-20-12-7-8-13-14(15(12)24-17)18-10(2)23-13/h3-8H,1-2H3,(H2,19,20,21,22). The fourth-order valence-corrected chi connectivity index (χ4v) is 4.29. The Labute approximate surface area is 146 Å². The molecule has 24 heavy (non-hydrogen) atoms. The number of amides is 2. The molecule has 5 nitrogen and oxygen atoms in total. The van der Waals surface area contributed by atoms with Crippen molar-refractivity contribution in [2.75, 3.05) is 10.6 Å². The van der Waals surface area contributed by atoms with Gasteiger partial charge in [0.25, 0.3) is 0 Å². The molecule has 0 fully saturated rings. The Bertz CT molecular complexity index is 1050. The van der Waals surface area contributed by atoms with Crippen LogP contribution in [-0.4, -0.2) is 16.0 Å². The Balaban J connectivity index is 1.58. The zero-order chi connectivity index (χ0) is 16.7. The molecule has 0 atom stereocenters. The molecule has 0 aliphatic heterocycles. The molecule has 0 unspecified atom stereocenters. The predicted molar refractivity (Wildman–Crippen MR) is 101 cm³/mol. The van der Waals surface area contributed by atoms with Crippen LogP contribution in [0.1, 0.15) is 10.6 Å². The third kappa shape index (κ3) is 2.83. The molecule has 2 N–H and O–H groups in total. The monoisotopic (exact) mass is 354 g/mol. The van der Waals surface area contributed by atoms with Crippen LogP contribution < -0.4 is 10.6 Å². The normalized spacial score (nSPS) is 11.1. The highest BCUT2D eigenvalue weighted by molar-refractivity contribution is 7.24. The fourth-order valence-electron chi connectivity index (χ4n) is 2.44. The number of benzene rings is 2. The van der Waals surface area contributed by atoms with Gasteiger partial charge in [-0.1, -0.05) is 29.0 Å². The van der Waals surface area contributed by atoms with Gasteiger partial charge < -0.3 is 5.32 Å². The van der Waals surface area contributed by atoms with Crippen LogP contribution in [0.2, 0.25) is 0 Å². The maximum absolute atomic E-state index is 12.1. The molecule has 7 heteroatoms. The van der Waals surface area contributed by atoms with Crippen molar-refractivity contribution < 1.29 is 4.79 Å². The Morgan fingerprint density at radius 1 is 0.958 bits per heavy atom. The number of fused-ring (bicyclic) bond motifs is 3. The highest BCUT2D eigenvalue weighted by Gasteiger charge is 2.12. The summed E-state index contributed by atoms with van der Waals surface area (Å²) in [6, 6.07) is 11.3. The molecule has 4 aromatic rings. The average Bonchev–Trinajstić information content (AvgIpc) is 3.11. The number of aryl methyl sites for hydroxylation is 2. The number of carbonyl (C=O) groups is 1. The van der Waals surface area contributed by atoms with Crippen molar-refractivity contribution in [1.29, 1.82) is 0 Å². The fraction of sp³-hybridized carbons (Fsp3) is 0.118. The van der Waals surface area contributed by atoms with E-state index >= 15 is 0 Å². The largest absolute Gasteiger partial charge is 0.325 e. The van der Waals surface area contributed by atoms with Gasteiger partial charge in [0.15, 0.2) is 5.13 Å². The lowest BCUT2D eigenvalue weighted by molar-refractivity contribution is 0.262. The first-order valence-electron chi connectivity index (χ1n) is 7.40. The van der Waals surface area contributed by atoms with Crippen molar-refractivity contribution >= 4 is 60.0 Å². The molecule has 120 valence electrons. The van der Waals surface area contributed by atoms with E-state index in [9.17, 15) is 4.79 Å². The topological polar surface area (TPSA) is 66.9 Å². The van der Waals surface area contributed by atoms with Gasteiger partial charge in [0, 0.05) is 5.69 Å². The van der Waals surface area contributed by atoms with E-state index in [1.165, 1.54) is 11.3 Å². The summed E-state index contributed by atoms with van der Waals surface area (Å²) in [5.41, 5.74) is 3.70. The van der Waals surface area contributed by atoms with Crippen molar-refractivity contribution in [3.8, 4) is 0 Å². The van der Waals surface area contributed by atoms with Gasteiger partial charge in [-0.15, -0.1) is 11.3 Å². The minimum Gasteiger partial charge on any atom is -0.308 e. The van der Waals surface area contributed by atoms with Gasteiger partial charge in [0.05, 0.1) is 19.9 Å². The number of hydrogen-bond acceptors (Lipinski definition) is 5. The van der Waals surface area contributed by atoms with Crippen molar-refractivity contribution in [1.82, 2.24) is 9.97 Å².